The topological polar surface area (TPSA) is 23.8 Å². The van der Waals surface area contributed by atoms with Crippen LogP contribution in [0.25, 0.3) is 0 Å². The molecule has 0 radical (unpaired) electrons. The van der Waals surface area contributed by atoms with Crippen molar-refractivity contribution in [3.8, 4) is 6.07 Å². The Kier molecular flexibility index (Phi) is 4.42. The van der Waals surface area contributed by atoms with Gasteiger partial charge in [-0.1, -0.05) is 56.9 Å². The first-order valence-electron chi connectivity index (χ1n) is 7.27. The van der Waals surface area contributed by atoms with Gasteiger partial charge in [0, 0.05) is 0 Å². The van der Waals surface area contributed by atoms with Crippen molar-refractivity contribution in [2.45, 2.75) is 58.3 Å². The van der Waals surface area contributed by atoms with Crippen molar-refractivity contribution in [1.29, 1.82) is 5.26 Å². The molecule has 1 heteroatoms. The number of hydrogen-bond donors (Lipinski definition) is 0. The van der Waals surface area contributed by atoms with Crippen LogP contribution in [0.3, 0.4) is 0 Å². The molecule has 0 spiro atoms. The van der Waals surface area contributed by atoms with Crippen molar-refractivity contribution in [3.63, 3.8) is 0 Å². The molecule has 1 aliphatic carbocycles. The van der Waals surface area contributed by atoms with Gasteiger partial charge < -0.3 is 0 Å². The summed E-state index contributed by atoms with van der Waals surface area (Å²) in [5.74, 6) is 0. The highest BCUT2D eigenvalue weighted by atomic mass is 14.4. The maximum Gasteiger partial charge on any atom is 0.0693 e. The summed E-state index contributed by atoms with van der Waals surface area (Å²) in [5, 5.41) is 9.58. The number of hydrogen-bond acceptors (Lipinski definition) is 1. The van der Waals surface area contributed by atoms with Crippen LogP contribution in [0, 0.1) is 16.7 Å². The Balaban J connectivity index is 2.11. The molecule has 0 N–H and O–H groups in total. The van der Waals surface area contributed by atoms with Gasteiger partial charge in [0.2, 0.25) is 0 Å². The van der Waals surface area contributed by atoms with E-state index in [-0.39, 0.29) is 5.41 Å². The van der Waals surface area contributed by atoms with Gasteiger partial charge in [0.1, 0.15) is 0 Å². The molecule has 0 atom stereocenters. The van der Waals surface area contributed by atoms with Crippen LogP contribution in [0.15, 0.2) is 24.3 Å². The van der Waals surface area contributed by atoms with Gasteiger partial charge in [-0.15, -0.1) is 0 Å². The standard InChI is InChI=1S/C17H23N/c1-2-15-7-9-16(10-8-15)13-17(14-18)11-5-3-4-6-12-17/h7-10H,2-6,11-13H2,1H3. The molecule has 0 saturated heterocycles. The summed E-state index contributed by atoms with van der Waals surface area (Å²) < 4.78 is 0. The molecule has 1 nitrogen and oxygen atoms in total. The van der Waals surface area contributed by atoms with Gasteiger partial charge in [-0.25, -0.2) is 0 Å². The maximum absolute atomic E-state index is 9.58. The largest absolute Gasteiger partial charge is 0.198 e. The quantitative estimate of drug-likeness (QED) is 0.706. The average molecular weight is 241 g/mol. The van der Waals surface area contributed by atoms with E-state index in [2.05, 4.69) is 37.3 Å². The summed E-state index contributed by atoms with van der Waals surface area (Å²) in [6, 6.07) is 11.5. The van der Waals surface area contributed by atoms with E-state index < -0.39 is 0 Å². The summed E-state index contributed by atoms with van der Waals surface area (Å²) in [4.78, 5) is 0. The number of aryl methyl sites for hydroxylation is 1. The van der Waals surface area contributed by atoms with E-state index in [9.17, 15) is 5.26 Å². The predicted octanol–water partition coefficient (Wildman–Crippen LogP) is 4.66. The zero-order chi connectivity index (χ0) is 12.8. The lowest BCUT2D eigenvalue weighted by molar-refractivity contribution is 0.339. The summed E-state index contributed by atoms with van der Waals surface area (Å²) in [5.41, 5.74) is 2.62. The first kappa shape index (κ1) is 13.1. The first-order valence-corrected chi connectivity index (χ1v) is 7.27. The molecule has 18 heavy (non-hydrogen) atoms. The van der Waals surface area contributed by atoms with Crippen LogP contribution < -0.4 is 0 Å². The minimum Gasteiger partial charge on any atom is -0.198 e. The molecule has 1 aliphatic rings. The van der Waals surface area contributed by atoms with Crippen molar-refractivity contribution in [3.05, 3.63) is 35.4 Å². The zero-order valence-corrected chi connectivity index (χ0v) is 11.4. The number of nitrogens with zero attached hydrogens (tertiary/aromatic N) is 1. The van der Waals surface area contributed by atoms with Crippen molar-refractivity contribution in [2.24, 2.45) is 5.41 Å². The van der Waals surface area contributed by atoms with Gasteiger partial charge in [0.15, 0.2) is 0 Å². The Morgan fingerprint density at radius 1 is 1.00 bits per heavy atom. The summed E-state index contributed by atoms with van der Waals surface area (Å²) in [7, 11) is 0. The van der Waals surface area contributed by atoms with Gasteiger partial charge in [-0.05, 0) is 36.8 Å². The molecule has 0 aliphatic heterocycles. The number of rotatable bonds is 3. The van der Waals surface area contributed by atoms with Crippen LogP contribution >= 0.6 is 0 Å². The molecule has 0 bridgehead atoms. The van der Waals surface area contributed by atoms with Crippen LogP contribution in [0.4, 0.5) is 0 Å². The van der Waals surface area contributed by atoms with E-state index in [1.807, 2.05) is 0 Å². The van der Waals surface area contributed by atoms with Gasteiger partial charge in [-0.3, -0.25) is 0 Å². The molecule has 0 amide bonds. The molecule has 1 saturated carbocycles. The molecule has 1 fully saturated rings. The first-order chi connectivity index (χ1) is 8.78. The smallest absolute Gasteiger partial charge is 0.0693 e. The van der Waals surface area contributed by atoms with E-state index in [1.165, 1.54) is 36.8 Å². The minimum atomic E-state index is -0.0930. The second-order valence-electron chi connectivity index (χ2n) is 5.65. The lowest BCUT2D eigenvalue weighted by Crippen LogP contribution is -2.20. The molecule has 2 rings (SSSR count). The predicted molar refractivity (Wildman–Crippen MR) is 75.3 cm³/mol. The Morgan fingerprint density at radius 3 is 2.06 bits per heavy atom. The zero-order valence-electron chi connectivity index (χ0n) is 11.4. The molecule has 0 unspecified atom stereocenters. The molecule has 96 valence electrons. The number of nitriles is 1. The van der Waals surface area contributed by atoms with Crippen molar-refractivity contribution >= 4 is 0 Å². The third-order valence-electron chi connectivity index (χ3n) is 4.27. The van der Waals surface area contributed by atoms with Gasteiger partial charge in [0.05, 0.1) is 11.5 Å². The third kappa shape index (κ3) is 3.13. The Hall–Kier alpha value is -1.29. The summed E-state index contributed by atoms with van der Waals surface area (Å²) in [6.07, 6.45) is 9.24. The van der Waals surface area contributed by atoms with Crippen molar-refractivity contribution < 1.29 is 0 Å². The molecular weight excluding hydrogens is 218 g/mol. The highest BCUT2D eigenvalue weighted by Gasteiger charge is 2.30. The monoisotopic (exact) mass is 241 g/mol. The van der Waals surface area contributed by atoms with E-state index in [0.717, 1.165) is 25.7 Å². The van der Waals surface area contributed by atoms with Gasteiger partial charge in [-0.2, -0.15) is 5.26 Å². The van der Waals surface area contributed by atoms with Gasteiger partial charge in [0.25, 0.3) is 0 Å². The molecule has 0 aromatic heterocycles. The fourth-order valence-electron chi connectivity index (χ4n) is 3.02. The second-order valence-corrected chi connectivity index (χ2v) is 5.65. The van der Waals surface area contributed by atoms with Crippen LogP contribution in [0.1, 0.15) is 56.6 Å². The molecule has 1 aromatic carbocycles. The molecular formula is C17H23N. The normalized spacial score (nSPS) is 18.9. The number of benzene rings is 1. The molecule has 1 aromatic rings. The Morgan fingerprint density at radius 2 is 1.56 bits per heavy atom. The summed E-state index contributed by atoms with van der Waals surface area (Å²) in [6.45, 7) is 2.18. The average Bonchev–Trinajstić information content (AvgIpc) is 2.66. The SMILES string of the molecule is CCc1ccc(CC2(C#N)CCCCCC2)cc1. The molecule has 0 heterocycles. The van der Waals surface area contributed by atoms with Gasteiger partial charge >= 0.3 is 0 Å². The van der Waals surface area contributed by atoms with Crippen LogP contribution in [-0.2, 0) is 12.8 Å². The van der Waals surface area contributed by atoms with Crippen molar-refractivity contribution in [2.75, 3.05) is 0 Å². The fourth-order valence-corrected chi connectivity index (χ4v) is 3.02. The lowest BCUT2D eigenvalue weighted by Gasteiger charge is -2.24. The lowest BCUT2D eigenvalue weighted by atomic mass is 9.76. The summed E-state index contributed by atoms with van der Waals surface area (Å²) >= 11 is 0. The van der Waals surface area contributed by atoms with E-state index in [0.29, 0.717) is 0 Å². The van der Waals surface area contributed by atoms with Crippen LogP contribution in [-0.4, -0.2) is 0 Å². The van der Waals surface area contributed by atoms with E-state index >= 15 is 0 Å². The van der Waals surface area contributed by atoms with E-state index in [4.69, 9.17) is 0 Å². The third-order valence-corrected chi connectivity index (χ3v) is 4.27. The highest BCUT2D eigenvalue weighted by molar-refractivity contribution is 5.25. The maximum atomic E-state index is 9.58. The van der Waals surface area contributed by atoms with E-state index in [1.54, 1.807) is 0 Å². The van der Waals surface area contributed by atoms with Crippen molar-refractivity contribution in [1.82, 2.24) is 0 Å². The Bertz CT molecular complexity index is 402. The fraction of sp³-hybridized carbons (Fsp3) is 0.588. The minimum absolute atomic E-state index is 0.0930. The Labute approximate surface area is 111 Å². The van der Waals surface area contributed by atoms with Crippen LogP contribution in [0.5, 0.6) is 0 Å². The highest BCUT2D eigenvalue weighted by Crippen LogP contribution is 2.37. The second kappa shape index (κ2) is 6.05. The van der Waals surface area contributed by atoms with Crippen LogP contribution in [0.2, 0.25) is 0 Å².